The van der Waals surface area contributed by atoms with E-state index in [1.165, 1.54) is 0 Å². The molecule has 17 heavy (non-hydrogen) atoms. The largest absolute Gasteiger partial charge is 0.484 e. The molecule has 2 rings (SSSR count). The fourth-order valence-electron chi connectivity index (χ4n) is 2.15. The molecule has 0 saturated heterocycles. The Labute approximate surface area is 97.6 Å². The highest BCUT2D eigenvalue weighted by Gasteiger charge is 2.29. The summed E-state index contributed by atoms with van der Waals surface area (Å²) in [4.78, 5) is 0. The van der Waals surface area contributed by atoms with Crippen LogP contribution in [0.4, 0.5) is 13.2 Å². The van der Waals surface area contributed by atoms with Crippen molar-refractivity contribution in [1.82, 2.24) is 0 Å². The van der Waals surface area contributed by atoms with Crippen molar-refractivity contribution in [3.05, 3.63) is 29.3 Å². The minimum atomic E-state index is -4.31. The smallest absolute Gasteiger partial charge is 0.422 e. The van der Waals surface area contributed by atoms with Crippen molar-refractivity contribution in [2.75, 3.05) is 6.61 Å². The molecule has 1 aromatic rings. The Balaban J connectivity index is 2.21. The van der Waals surface area contributed by atoms with E-state index in [2.05, 4.69) is 0 Å². The van der Waals surface area contributed by atoms with E-state index in [4.69, 9.17) is 10.5 Å². The molecule has 0 heterocycles. The molecule has 0 amide bonds. The van der Waals surface area contributed by atoms with Gasteiger partial charge in [-0.1, -0.05) is 12.1 Å². The molecule has 5 heteroatoms. The maximum Gasteiger partial charge on any atom is 0.422 e. The first-order valence-corrected chi connectivity index (χ1v) is 5.54. The molecule has 1 unspecified atom stereocenters. The molecule has 94 valence electrons. The van der Waals surface area contributed by atoms with Crippen LogP contribution in [-0.2, 0) is 6.42 Å². The predicted molar refractivity (Wildman–Crippen MR) is 57.9 cm³/mol. The molecule has 0 aliphatic heterocycles. The van der Waals surface area contributed by atoms with Crippen LogP contribution in [0.3, 0.4) is 0 Å². The number of hydrogen-bond donors (Lipinski definition) is 1. The van der Waals surface area contributed by atoms with Gasteiger partial charge in [0.2, 0.25) is 0 Å². The minimum absolute atomic E-state index is 0.0896. The number of halogens is 3. The molecule has 0 aromatic heterocycles. The first-order valence-electron chi connectivity index (χ1n) is 5.54. The van der Waals surface area contributed by atoms with Crippen LogP contribution < -0.4 is 10.5 Å². The fraction of sp³-hybridized carbons (Fsp3) is 0.500. The lowest BCUT2D eigenvalue weighted by Crippen LogP contribution is -2.22. The Hall–Kier alpha value is -1.23. The SMILES string of the molecule is NC1CCCc2c(OCC(F)(F)F)cccc21. The van der Waals surface area contributed by atoms with Crippen LogP contribution in [0, 0.1) is 0 Å². The topological polar surface area (TPSA) is 35.2 Å². The van der Waals surface area contributed by atoms with Crippen molar-refractivity contribution >= 4 is 0 Å². The van der Waals surface area contributed by atoms with Gasteiger partial charge in [-0.15, -0.1) is 0 Å². The third-order valence-electron chi connectivity index (χ3n) is 2.90. The zero-order chi connectivity index (χ0) is 12.5. The highest BCUT2D eigenvalue weighted by Crippen LogP contribution is 2.34. The van der Waals surface area contributed by atoms with Gasteiger partial charge in [-0.25, -0.2) is 0 Å². The van der Waals surface area contributed by atoms with Gasteiger partial charge < -0.3 is 10.5 Å². The van der Waals surface area contributed by atoms with E-state index >= 15 is 0 Å². The number of hydrogen-bond acceptors (Lipinski definition) is 2. The Morgan fingerprint density at radius 3 is 2.82 bits per heavy atom. The van der Waals surface area contributed by atoms with Crippen molar-refractivity contribution in [3.63, 3.8) is 0 Å². The first-order chi connectivity index (χ1) is 7.97. The van der Waals surface area contributed by atoms with Gasteiger partial charge in [0.15, 0.2) is 6.61 Å². The van der Waals surface area contributed by atoms with E-state index in [0.29, 0.717) is 5.75 Å². The second-order valence-electron chi connectivity index (χ2n) is 4.23. The third-order valence-corrected chi connectivity index (χ3v) is 2.90. The number of rotatable bonds is 2. The summed E-state index contributed by atoms with van der Waals surface area (Å²) >= 11 is 0. The quantitative estimate of drug-likeness (QED) is 0.869. The minimum Gasteiger partial charge on any atom is -0.484 e. The van der Waals surface area contributed by atoms with E-state index < -0.39 is 12.8 Å². The predicted octanol–water partition coefficient (Wildman–Crippen LogP) is 2.96. The zero-order valence-electron chi connectivity index (χ0n) is 9.26. The van der Waals surface area contributed by atoms with E-state index in [0.717, 1.165) is 30.4 Å². The van der Waals surface area contributed by atoms with Crippen molar-refractivity contribution in [3.8, 4) is 5.75 Å². The van der Waals surface area contributed by atoms with Crippen molar-refractivity contribution < 1.29 is 17.9 Å². The average molecular weight is 245 g/mol. The summed E-state index contributed by atoms with van der Waals surface area (Å²) < 4.78 is 41.1. The van der Waals surface area contributed by atoms with Crippen LogP contribution in [0.1, 0.15) is 30.0 Å². The molecule has 0 spiro atoms. The van der Waals surface area contributed by atoms with Gasteiger partial charge in [0, 0.05) is 6.04 Å². The van der Waals surface area contributed by atoms with E-state index in [1.54, 1.807) is 12.1 Å². The normalized spacial score (nSPS) is 19.9. The fourth-order valence-corrected chi connectivity index (χ4v) is 2.15. The highest BCUT2D eigenvalue weighted by atomic mass is 19.4. The standard InChI is InChI=1S/C12H14F3NO/c13-12(14,15)7-17-11-6-2-3-8-9(11)4-1-5-10(8)16/h2-3,6,10H,1,4-5,7,16H2. The molecule has 1 atom stereocenters. The highest BCUT2D eigenvalue weighted by molar-refractivity contribution is 5.43. The molecule has 2 nitrogen and oxygen atoms in total. The lowest BCUT2D eigenvalue weighted by molar-refractivity contribution is -0.153. The number of nitrogens with two attached hydrogens (primary N) is 1. The molecule has 1 aliphatic rings. The van der Waals surface area contributed by atoms with Gasteiger partial charge >= 0.3 is 6.18 Å². The molecule has 0 saturated carbocycles. The molecule has 1 aromatic carbocycles. The Morgan fingerprint density at radius 1 is 1.35 bits per heavy atom. The van der Waals surface area contributed by atoms with E-state index in [1.807, 2.05) is 6.07 Å². The Morgan fingerprint density at radius 2 is 2.12 bits per heavy atom. The number of benzene rings is 1. The van der Waals surface area contributed by atoms with Gasteiger partial charge in [-0.2, -0.15) is 13.2 Å². The molecular weight excluding hydrogens is 231 g/mol. The molecule has 0 radical (unpaired) electrons. The van der Waals surface area contributed by atoms with Crippen molar-refractivity contribution in [2.45, 2.75) is 31.5 Å². The van der Waals surface area contributed by atoms with Gasteiger partial charge in [-0.05, 0) is 36.5 Å². The maximum absolute atomic E-state index is 12.1. The monoisotopic (exact) mass is 245 g/mol. The molecule has 2 N–H and O–H groups in total. The van der Waals surface area contributed by atoms with Crippen LogP contribution in [0.15, 0.2) is 18.2 Å². The summed E-state index contributed by atoms with van der Waals surface area (Å²) in [6.45, 7) is -1.25. The summed E-state index contributed by atoms with van der Waals surface area (Å²) in [5.74, 6) is 0.315. The summed E-state index contributed by atoms with van der Waals surface area (Å²) in [7, 11) is 0. The van der Waals surface area contributed by atoms with Gasteiger partial charge in [-0.3, -0.25) is 0 Å². The second-order valence-corrected chi connectivity index (χ2v) is 4.23. The van der Waals surface area contributed by atoms with Crippen LogP contribution in [0.25, 0.3) is 0 Å². The zero-order valence-corrected chi connectivity index (χ0v) is 9.26. The third kappa shape index (κ3) is 2.91. The lowest BCUT2D eigenvalue weighted by atomic mass is 9.88. The number of ether oxygens (including phenoxy) is 1. The van der Waals surface area contributed by atoms with Crippen LogP contribution in [-0.4, -0.2) is 12.8 Å². The van der Waals surface area contributed by atoms with E-state index in [9.17, 15) is 13.2 Å². The lowest BCUT2D eigenvalue weighted by Gasteiger charge is -2.24. The summed E-state index contributed by atoms with van der Waals surface area (Å²) in [5.41, 5.74) is 7.66. The van der Waals surface area contributed by atoms with Crippen LogP contribution >= 0.6 is 0 Å². The van der Waals surface area contributed by atoms with Gasteiger partial charge in [0.25, 0.3) is 0 Å². The maximum atomic E-state index is 12.1. The number of alkyl halides is 3. The second kappa shape index (κ2) is 4.56. The van der Waals surface area contributed by atoms with Crippen LogP contribution in [0.5, 0.6) is 5.75 Å². The summed E-state index contributed by atoms with van der Waals surface area (Å²) in [6, 6.07) is 5.03. The summed E-state index contributed by atoms with van der Waals surface area (Å²) in [5, 5.41) is 0. The first kappa shape index (κ1) is 12.2. The molecular formula is C12H14F3NO. The molecule has 0 fully saturated rings. The Kier molecular flexibility index (Phi) is 3.28. The Bertz CT molecular complexity index is 403. The van der Waals surface area contributed by atoms with E-state index in [-0.39, 0.29) is 6.04 Å². The van der Waals surface area contributed by atoms with Crippen molar-refractivity contribution in [2.24, 2.45) is 5.73 Å². The average Bonchev–Trinajstić information content (AvgIpc) is 2.26. The van der Waals surface area contributed by atoms with Crippen LogP contribution in [0.2, 0.25) is 0 Å². The number of fused-ring (bicyclic) bond motifs is 1. The summed E-state index contributed by atoms with van der Waals surface area (Å²) in [6.07, 6.45) is -1.81. The van der Waals surface area contributed by atoms with Crippen molar-refractivity contribution in [1.29, 1.82) is 0 Å². The molecule has 0 bridgehead atoms. The molecule has 1 aliphatic carbocycles. The van der Waals surface area contributed by atoms with Gasteiger partial charge in [0.05, 0.1) is 0 Å². The van der Waals surface area contributed by atoms with Gasteiger partial charge in [0.1, 0.15) is 5.75 Å².